The number of nitrogens with one attached hydrogen (secondary N) is 1. The van der Waals surface area contributed by atoms with Crippen molar-refractivity contribution in [2.45, 2.75) is 13.0 Å². The Morgan fingerprint density at radius 2 is 2.00 bits per heavy atom. The molecule has 1 saturated heterocycles. The fourth-order valence-corrected chi connectivity index (χ4v) is 2.69. The highest BCUT2D eigenvalue weighted by molar-refractivity contribution is 5.99. The molecule has 2 aliphatic rings. The van der Waals surface area contributed by atoms with Gasteiger partial charge in [-0.2, -0.15) is 0 Å². The summed E-state index contributed by atoms with van der Waals surface area (Å²) < 4.78 is 11.1. The van der Waals surface area contributed by atoms with Gasteiger partial charge in [0.1, 0.15) is 5.84 Å². The molecule has 0 radical (unpaired) electrons. The Labute approximate surface area is 132 Å². The molecule has 0 atom stereocenters. The molecule has 0 bridgehead atoms. The number of morpholine rings is 1. The van der Waals surface area contributed by atoms with Crippen molar-refractivity contribution < 1.29 is 9.47 Å². The molecule has 0 aliphatic carbocycles. The second-order valence-corrected chi connectivity index (χ2v) is 5.71. The smallest absolute Gasteiger partial charge is 0.128 e. The molecule has 5 nitrogen and oxygen atoms in total. The first-order valence-corrected chi connectivity index (χ1v) is 8.17. The Morgan fingerprint density at radius 3 is 2.73 bits per heavy atom. The number of hydrogen-bond acceptors (Lipinski definition) is 5. The molecule has 1 aromatic carbocycles. The van der Waals surface area contributed by atoms with Crippen LogP contribution < -0.4 is 5.32 Å². The zero-order chi connectivity index (χ0) is 15.0. The third-order valence-corrected chi connectivity index (χ3v) is 4.05. The van der Waals surface area contributed by atoms with Crippen LogP contribution >= 0.6 is 0 Å². The minimum atomic E-state index is 0.671. The average molecular weight is 303 g/mol. The van der Waals surface area contributed by atoms with Gasteiger partial charge < -0.3 is 14.8 Å². The lowest BCUT2D eigenvalue weighted by Gasteiger charge is -2.26. The Balaban J connectivity index is 1.40. The van der Waals surface area contributed by atoms with Crippen LogP contribution in [0.15, 0.2) is 29.3 Å². The minimum absolute atomic E-state index is 0.671. The summed E-state index contributed by atoms with van der Waals surface area (Å²) in [6.45, 7) is 8.11. The predicted molar refractivity (Wildman–Crippen MR) is 87.4 cm³/mol. The van der Waals surface area contributed by atoms with Crippen LogP contribution in [0.25, 0.3) is 0 Å². The van der Waals surface area contributed by atoms with Gasteiger partial charge in [0.15, 0.2) is 0 Å². The highest BCUT2D eigenvalue weighted by atomic mass is 16.5. The fourth-order valence-electron chi connectivity index (χ4n) is 2.69. The van der Waals surface area contributed by atoms with Crippen molar-refractivity contribution in [1.29, 1.82) is 0 Å². The molecule has 3 rings (SSSR count). The van der Waals surface area contributed by atoms with E-state index in [0.717, 1.165) is 70.4 Å². The highest BCUT2D eigenvalue weighted by Crippen LogP contribution is 2.08. The Bertz CT molecular complexity index is 481. The van der Waals surface area contributed by atoms with Gasteiger partial charge in [0, 0.05) is 38.3 Å². The number of rotatable bonds is 6. The molecule has 1 fully saturated rings. The summed E-state index contributed by atoms with van der Waals surface area (Å²) in [7, 11) is 0. The van der Waals surface area contributed by atoms with Crippen molar-refractivity contribution in [1.82, 2.24) is 10.2 Å². The SMILES string of the molecule is c1cc(C2=NCCCN2)ccc1COCCN1CCOCC1. The Morgan fingerprint density at radius 1 is 1.18 bits per heavy atom. The molecule has 0 saturated carbocycles. The molecule has 5 heteroatoms. The molecule has 1 N–H and O–H groups in total. The van der Waals surface area contributed by atoms with E-state index < -0.39 is 0 Å². The third-order valence-electron chi connectivity index (χ3n) is 4.05. The number of amidine groups is 1. The van der Waals surface area contributed by atoms with Crippen LogP contribution in [-0.4, -0.2) is 63.3 Å². The van der Waals surface area contributed by atoms with Gasteiger partial charge in [0.05, 0.1) is 26.4 Å². The van der Waals surface area contributed by atoms with E-state index in [1.54, 1.807) is 0 Å². The van der Waals surface area contributed by atoms with E-state index in [1.807, 2.05) is 0 Å². The van der Waals surface area contributed by atoms with Crippen LogP contribution in [-0.2, 0) is 16.1 Å². The van der Waals surface area contributed by atoms with Gasteiger partial charge in [-0.25, -0.2) is 0 Å². The lowest BCUT2D eigenvalue weighted by molar-refractivity contribution is 0.0180. The molecule has 1 aromatic rings. The molecular weight excluding hydrogens is 278 g/mol. The third kappa shape index (κ3) is 4.53. The molecule has 0 aromatic heterocycles. The fraction of sp³-hybridized carbons (Fsp3) is 0.588. The van der Waals surface area contributed by atoms with Crippen molar-refractivity contribution in [3.63, 3.8) is 0 Å². The normalized spacial score (nSPS) is 19.5. The van der Waals surface area contributed by atoms with Crippen molar-refractivity contribution in [3.8, 4) is 0 Å². The van der Waals surface area contributed by atoms with Crippen LogP contribution in [0.2, 0.25) is 0 Å². The number of aliphatic imine (C=N–C) groups is 1. The summed E-state index contributed by atoms with van der Waals surface area (Å²) in [4.78, 5) is 6.90. The summed E-state index contributed by atoms with van der Waals surface area (Å²) in [6.07, 6.45) is 1.12. The first-order chi connectivity index (χ1) is 10.9. The van der Waals surface area contributed by atoms with E-state index in [0.29, 0.717) is 6.61 Å². The van der Waals surface area contributed by atoms with Crippen molar-refractivity contribution in [3.05, 3.63) is 35.4 Å². The maximum atomic E-state index is 5.78. The summed E-state index contributed by atoms with van der Waals surface area (Å²) in [5.74, 6) is 1.02. The Hall–Kier alpha value is -1.43. The van der Waals surface area contributed by atoms with E-state index in [1.165, 1.54) is 5.56 Å². The number of nitrogens with zero attached hydrogens (tertiary/aromatic N) is 2. The number of hydrogen-bond donors (Lipinski definition) is 1. The standard InChI is InChI=1S/C17H25N3O2/c1-6-18-17(19-7-1)16-4-2-15(3-5-16)14-22-13-10-20-8-11-21-12-9-20/h2-5H,1,6-14H2,(H,18,19). The van der Waals surface area contributed by atoms with Crippen LogP contribution in [0.1, 0.15) is 17.5 Å². The van der Waals surface area contributed by atoms with Gasteiger partial charge in [-0.3, -0.25) is 9.89 Å². The van der Waals surface area contributed by atoms with E-state index in [2.05, 4.69) is 39.5 Å². The van der Waals surface area contributed by atoms with Gasteiger partial charge in [0.25, 0.3) is 0 Å². The molecule has 22 heavy (non-hydrogen) atoms. The molecule has 120 valence electrons. The highest BCUT2D eigenvalue weighted by Gasteiger charge is 2.09. The monoisotopic (exact) mass is 303 g/mol. The number of benzene rings is 1. The van der Waals surface area contributed by atoms with Crippen molar-refractivity contribution >= 4 is 5.84 Å². The zero-order valence-corrected chi connectivity index (χ0v) is 13.1. The molecule has 0 amide bonds. The zero-order valence-electron chi connectivity index (χ0n) is 13.1. The predicted octanol–water partition coefficient (Wildman–Crippen LogP) is 1.28. The largest absolute Gasteiger partial charge is 0.379 e. The molecular formula is C17H25N3O2. The van der Waals surface area contributed by atoms with E-state index >= 15 is 0 Å². The van der Waals surface area contributed by atoms with Crippen LogP contribution in [0, 0.1) is 0 Å². The second kappa shape index (κ2) is 8.27. The lowest BCUT2D eigenvalue weighted by atomic mass is 10.1. The maximum Gasteiger partial charge on any atom is 0.128 e. The van der Waals surface area contributed by atoms with Gasteiger partial charge in [-0.05, 0) is 12.0 Å². The van der Waals surface area contributed by atoms with Crippen molar-refractivity contribution in [2.75, 3.05) is 52.5 Å². The topological polar surface area (TPSA) is 46.1 Å². The van der Waals surface area contributed by atoms with Crippen LogP contribution in [0.4, 0.5) is 0 Å². The van der Waals surface area contributed by atoms with Gasteiger partial charge >= 0.3 is 0 Å². The first kappa shape index (κ1) is 15.5. The Kier molecular flexibility index (Phi) is 5.81. The molecule has 2 aliphatic heterocycles. The summed E-state index contributed by atoms with van der Waals surface area (Å²) in [6, 6.07) is 8.50. The molecule has 0 unspecified atom stereocenters. The lowest BCUT2D eigenvalue weighted by Crippen LogP contribution is -2.38. The quantitative estimate of drug-likeness (QED) is 0.804. The van der Waals surface area contributed by atoms with Crippen LogP contribution in [0.5, 0.6) is 0 Å². The first-order valence-electron chi connectivity index (χ1n) is 8.17. The van der Waals surface area contributed by atoms with Gasteiger partial charge in [-0.15, -0.1) is 0 Å². The van der Waals surface area contributed by atoms with Crippen molar-refractivity contribution in [2.24, 2.45) is 4.99 Å². The van der Waals surface area contributed by atoms with E-state index in [-0.39, 0.29) is 0 Å². The van der Waals surface area contributed by atoms with Gasteiger partial charge in [0.2, 0.25) is 0 Å². The summed E-state index contributed by atoms with van der Waals surface area (Å²) in [5, 5.41) is 3.35. The molecule has 0 spiro atoms. The van der Waals surface area contributed by atoms with E-state index in [9.17, 15) is 0 Å². The molecule has 2 heterocycles. The van der Waals surface area contributed by atoms with Gasteiger partial charge in [-0.1, -0.05) is 24.3 Å². The summed E-state index contributed by atoms with van der Waals surface area (Å²) >= 11 is 0. The maximum absolute atomic E-state index is 5.78. The van der Waals surface area contributed by atoms with E-state index in [4.69, 9.17) is 9.47 Å². The second-order valence-electron chi connectivity index (χ2n) is 5.71. The number of ether oxygens (including phenoxy) is 2. The average Bonchev–Trinajstić information content (AvgIpc) is 2.61. The summed E-state index contributed by atoms with van der Waals surface area (Å²) in [5.41, 5.74) is 2.37. The van der Waals surface area contributed by atoms with Crippen LogP contribution in [0.3, 0.4) is 0 Å². The minimum Gasteiger partial charge on any atom is -0.379 e.